The highest BCUT2D eigenvalue weighted by Gasteiger charge is 2.24. The first kappa shape index (κ1) is 10.5. The van der Waals surface area contributed by atoms with Crippen molar-refractivity contribution in [3.05, 3.63) is 0 Å². The normalized spacial score (nSPS) is 20.5. The van der Waals surface area contributed by atoms with Gasteiger partial charge in [-0.1, -0.05) is 13.8 Å². The average Bonchev–Trinajstić information content (AvgIpc) is 2.17. The van der Waals surface area contributed by atoms with Crippen LogP contribution in [0, 0.1) is 5.92 Å². The van der Waals surface area contributed by atoms with E-state index in [1.807, 2.05) is 18.7 Å². The fourth-order valence-corrected chi connectivity index (χ4v) is 1.61. The lowest BCUT2D eigenvalue weighted by atomic mass is 10.0. The SMILES string of the molecule is CC(C)[C@H](N)C(=O)N1CCCCC1. The van der Waals surface area contributed by atoms with Gasteiger partial charge in [0, 0.05) is 13.1 Å². The Kier molecular flexibility index (Phi) is 3.72. The zero-order chi connectivity index (χ0) is 9.84. The third-order valence-electron chi connectivity index (χ3n) is 2.67. The van der Waals surface area contributed by atoms with Gasteiger partial charge in [-0.05, 0) is 25.2 Å². The molecule has 3 nitrogen and oxygen atoms in total. The highest BCUT2D eigenvalue weighted by molar-refractivity contribution is 5.81. The molecule has 1 atom stereocenters. The zero-order valence-electron chi connectivity index (χ0n) is 8.62. The number of carbonyl (C=O) groups excluding carboxylic acids is 1. The van der Waals surface area contributed by atoms with Gasteiger partial charge in [-0.3, -0.25) is 4.79 Å². The van der Waals surface area contributed by atoms with Crippen molar-refractivity contribution in [3.8, 4) is 0 Å². The first-order valence-corrected chi connectivity index (χ1v) is 5.17. The largest absolute Gasteiger partial charge is 0.341 e. The van der Waals surface area contributed by atoms with Crippen LogP contribution in [0.3, 0.4) is 0 Å². The topological polar surface area (TPSA) is 46.3 Å². The Morgan fingerprint density at radius 1 is 1.23 bits per heavy atom. The minimum absolute atomic E-state index is 0.134. The molecule has 1 saturated heterocycles. The van der Waals surface area contributed by atoms with E-state index in [0.717, 1.165) is 25.9 Å². The van der Waals surface area contributed by atoms with Gasteiger partial charge in [0.2, 0.25) is 5.91 Å². The second-order valence-corrected chi connectivity index (χ2v) is 4.16. The van der Waals surface area contributed by atoms with Gasteiger partial charge >= 0.3 is 0 Å². The molecule has 0 unspecified atom stereocenters. The number of piperidine rings is 1. The van der Waals surface area contributed by atoms with Crippen molar-refractivity contribution >= 4 is 5.91 Å². The van der Waals surface area contributed by atoms with Crippen molar-refractivity contribution in [2.24, 2.45) is 11.7 Å². The first-order valence-electron chi connectivity index (χ1n) is 5.17. The quantitative estimate of drug-likeness (QED) is 0.695. The van der Waals surface area contributed by atoms with Crippen LogP contribution in [0.15, 0.2) is 0 Å². The van der Waals surface area contributed by atoms with Crippen LogP contribution in [0.4, 0.5) is 0 Å². The number of nitrogens with zero attached hydrogens (tertiary/aromatic N) is 1. The fraction of sp³-hybridized carbons (Fsp3) is 0.900. The van der Waals surface area contributed by atoms with Crippen molar-refractivity contribution in [2.45, 2.75) is 39.2 Å². The van der Waals surface area contributed by atoms with Crippen LogP contribution >= 0.6 is 0 Å². The van der Waals surface area contributed by atoms with Gasteiger partial charge in [0.05, 0.1) is 6.04 Å². The Hall–Kier alpha value is -0.570. The second kappa shape index (κ2) is 4.61. The molecule has 1 fully saturated rings. The van der Waals surface area contributed by atoms with E-state index in [9.17, 15) is 4.79 Å². The molecule has 1 amide bonds. The number of nitrogens with two attached hydrogens (primary N) is 1. The Labute approximate surface area is 80.3 Å². The third kappa shape index (κ3) is 2.69. The minimum atomic E-state index is -0.307. The summed E-state index contributed by atoms with van der Waals surface area (Å²) in [6.45, 7) is 5.79. The molecular weight excluding hydrogens is 164 g/mol. The Bertz CT molecular complexity index is 174. The molecule has 1 heterocycles. The van der Waals surface area contributed by atoms with E-state index in [2.05, 4.69) is 0 Å². The van der Waals surface area contributed by atoms with Crippen molar-refractivity contribution in [1.29, 1.82) is 0 Å². The van der Waals surface area contributed by atoms with E-state index in [1.54, 1.807) is 0 Å². The number of amides is 1. The summed E-state index contributed by atoms with van der Waals surface area (Å²) in [7, 11) is 0. The van der Waals surface area contributed by atoms with Gasteiger partial charge in [0.15, 0.2) is 0 Å². The first-order chi connectivity index (χ1) is 6.13. The lowest BCUT2D eigenvalue weighted by Gasteiger charge is -2.30. The van der Waals surface area contributed by atoms with Crippen molar-refractivity contribution < 1.29 is 4.79 Å². The van der Waals surface area contributed by atoms with Gasteiger partial charge in [0.25, 0.3) is 0 Å². The van der Waals surface area contributed by atoms with Crippen LogP contribution < -0.4 is 5.73 Å². The summed E-state index contributed by atoms with van der Waals surface area (Å²) in [5.74, 6) is 0.379. The molecule has 0 saturated carbocycles. The Balaban J connectivity index is 2.45. The molecule has 0 aromatic rings. The molecule has 1 rings (SSSR count). The number of rotatable bonds is 2. The zero-order valence-corrected chi connectivity index (χ0v) is 8.62. The van der Waals surface area contributed by atoms with Gasteiger partial charge in [0.1, 0.15) is 0 Å². The van der Waals surface area contributed by atoms with Gasteiger partial charge in [-0.15, -0.1) is 0 Å². The fourth-order valence-electron chi connectivity index (χ4n) is 1.61. The van der Waals surface area contributed by atoms with Crippen LogP contribution in [0.5, 0.6) is 0 Å². The summed E-state index contributed by atoms with van der Waals surface area (Å²) in [6, 6.07) is -0.307. The lowest BCUT2D eigenvalue weighted by Crippen LogP contribution is -2.48. The van der Waals surface area contributed by atoms with Gasteiger partial charge in [-0.2, -0.15) is 0 Å². The molecule has 1 aliphatic rings. The molecule has 0 aromatic heterocycles. The molecule has 13 heavy (non-hydrogen) atoms. The van der Waals surface area contributed by atoms with E-state index in [-0.39, 0.29) is 17.9 Å². The van der Waals surface area contributed by atoms with Gasteiger partial charge in [-0.25, -0.2) is 0 Å². The third-order valence-corrected chi connectivity index (χ3v) is 2.67. The van der Waals surface area contributed by atoms with Crippen molar-refractivity contribution in [1.82, 2.24) is 4.90 Å². The monoisotopic (exact) mass is 184 g/mol. The maximum Gasteiger partial charge on any atom is 0.239 e. The average molecular weight is 184 g/mol. The number of likely N-dealkylation sites (tertiary alicyclic amines) is 1. The van der Waals surface area contributed by atoms with Crippen LogP contribution in [0.25, 0.3) is 0 Å². The van der Waals surface area contributed by atoms with Crippen LogP contribution in [0.2, 0.25) is 0 Å². The maximum absolute atomic E-state index is 11.7. The van der Waals surface area contributed by atoms with E-state index in [1.165, 1.54) is 6.42 Å². The standard InChI is InChI=1S/C10H20N2O/c1-8(2)9(11)10(13)12-6-4-3-5-7-12/h8-9H,3-7,11H2,1-2H3/t9-/m0/s1. The molecular formula is C10H20N2O. The van der Waals surface area contributed by atoms with E-state index in [0.29, 0.717) is 0 Å². The Morgan fingerprint density at radius 2 is 1.77 bits per heavy atom. The molecule has 1 aliphatic heterocycles. The van der Waals surface area contributed by atoms with Crippen molar-refractivity contribution in [2.75, 3.05) is 13.1 Å². The molecule has 0 bridgehead atoms. The molecule has 76 valence electrons. The minimum Gasteiger partial charge on any atom is -0.341 e. The Morgan fingerprint density at radius 3 is 2.23 bits per heavy atom. The second-order valence-electron chi connectivity index (χ2n) is 4.16. The highest BCUT2D eigenvalue weighted by Crippen LogP contribution is 2.11. The molecule has 0 radical (unpaired) electrons. The van der Waals surface area contributed by atoms with E-state index >= 15 is 0 Å². The van der Waals surface area contributed by atoms with Crippen LogP contribution in [-0.2, 0) is 4.79 Å². The summed E-state index contributed by atoms with van der Waals surface area (Å²) in [6.07, 6.45) is 3.52. The van der Waals surface area contributed by atoms with Crippen LogP contribution in [-0.4, -0.2) is 29.9 Å². The summed E-state index contributed by atoms with van der Waals surface area (Å²) >= 11 is 0. The number of carbonyl (C=O) groups is 1. The maximum atomic E-state index is 11.7. The molecule has 2 N–H and O–H groups in total. The lowest BCUT2D eigenvalue weighted by molar-refractivity contribution is -0.134. The van der Waals surface area contributed by atoms with Crippen LogP contribution in [0.1, 0.15) is 33.1 Å². The summed E-state index contributed by atoms with van der Waals surface area (Å²) < 4.78 is 0. The summed E-state index contributed by atoms with van der Waals surface area (Å²) in [5.41, 5.74) is 5.80. The molecule has 3 heteroatoms. The summed E-state index contributed by atoms with van der Waals surface area (Å²) in [5, 5.41) is 0. The van der Waals surface area contributed by atoms with E-state index < -0.39 is 0 Å². The highest BCUT2D eigenvalue weighted by atomic mass is 16.2. The van der Waals surface area contributed by atoms with E-state index in [4.69, 9.17) is 5.73 Å². The molecule has 0 aromatic carbocycles. The molecule has 0 spiro atoms. The summed E-state index contributed by atoms with van der Waals surface area (Å²) in [4.78, 5) is 13.7. The number of hydrogen-bond acceptors (Lipinski definition) is 2. The number of hydrogen-bond donors (Lipinski definition) is 1. The predicted molar refractivity (Wildman–Crippen MR) is 53.2 cm³/mol. The smallest absolute Gasteiger partial charge is 0.239 e. The molecule has 0 aliphatic carbocycles. The van der Waals surface area contributed by atoms with Crippen molar-refractivity contribution in [3.63, 3.8) is 0 Å². The predicted octanol–water partition coefficient (Wildman–Crippen LogP) is 0.982. The van der Waals surface area contributed by atoms with Gasteiger partial charge < -0.3 is 10.6 Å².